The van der Waals surface area contributed by atoms with E-state index in [0.29, 0.717) is 11.3 Å². The normalized spacial score (nSPS) is 18.0. The number of carbonyl (C=O) groups excluding carboxylic acids is 4. The smallest absolute Gasteiger partial charge is 0.430 e. The summed E-state index contributed by atoms with van der Waals surface area (Å²) in [5.74, 6) is -3.51. The maximum atomic E-state index is 13.4. The van der Waals surface area contributed by atoms with Crippen LogP contribution in [0.15, 0.2) is 48.5 Å². The van der Waals surface area contributed by atoms with Crippen molar-refractivity contribution in [2.75, 3.05) is 38.1 Å². The van der Waals surface area contributed by atoms with Gasteiger partial charge in [0.2, 0.25) is 5.91 Å². The number of hydrogen-bond donors (Lipinski definition) is 4. The number of nitrogens with one attached hydrogen (secondary N) is 3. The van der Waals surface area contributed by atoms with Crippen LogP contribution in [0.4, 0.5) is 23.7 Å². The molecule has 1 spiro atoms. The number of alkyl halides is 3. The lowest BCUT2D eigenvalue weighted by Gasteiger charge is -2.33. The molecule has 0 aromatic heterocycles. The van der Waals surface area contributed by atoms with Crippen LogP contribution in [-0.2, 0) is 20.7 Å². The van der Waals surface area contributed by atoms with Gasteiger partial charge in [0.25, 0.3) is 0 Å². The summed E-state index contributed by atoms with van der Waals surface area (Å²) in [6.45, 7) is 6.41. The lowest BCUT2D eigenvalue weighted by molar-refractivity contribution is -0.916. The number of carbonyl (C=O) groups is 4. The molecule has 2 aliphatic heterocycles. The highest BCUT2D eigenvalue weighted by molar-refractivity contribution is 5.95. The predicted octanol–water partition coefficient (Wildman–Crippen LogP) is 2.88. The highest BCUT2D eigenvalue weighted by Crippen LogP contribution is 2.26. The van der Waals surface area contributed by atoms with Crippen LogP contribution in [-0.4, -0.2) is 84.5 Å². The number of rotatable bonds is 8. The maximum absolute atomic E-state index is 13.4. The van der Waals surface area contributed by atoms with Crippen LogP contribution in [0.25, 0.3) is 0 Å². The van der Waals surface area contributed by atoms with Gasteiger partial charge in [-0.1, -0.05) is 12.1 Å². The van der Waals surface area contributed by atoms with Gasteiger partial charge in [-0.2, -0.15) is 13.2 Å². The number of ether oxygens (including phenoxy) is 1. The molecule has 0 saturated carbocycles. The fourth-order valence-corrected chi connectivity index (χ4v) is 5.57. The molecule has 2 aliphatic rings. The first-order valence-corrected chi connectivity index (χ1v) is 14.9. The van der Waals surface area contributed by atoms with Crippen molar-refractivity contribution >= 4 is 29.6 Å². The van der Waals surface area contributed by atoms with Crippen molar-refractivity contribution in [1.82, 2.24) is 10.6 Å². The van der Waals surface area contributed by atoms with E-state index in [2.05, 4.69) is 16.0 Å². The predicted molar refractivity (Wildman–Crippen MR) is 156 cm³/mol. The molecule has 0 unspecified atom stereocenters. The third-order valence-corrected chi connectivity index (χ3v) is 7.80. The summed E-state index contributed by atoms with van der Waals surface area (Å²) in [7, 11) is 0. The standard InChI is InChI=1S/C29H38N4O5.C2HF3O2/c1-2-38-28(36)22-9-11-23(12-10-22)31-29(37)32-26(19-21-7-13-25(34)14-8-21)27(35)30-24-15-18-33(20-24)16-5-3-4-6-17-33;3-2(4,5)1(6)7/h7-14,24,26H,2-6,15-20H2,1H3,(H3-,30,31,32,34,35,36,37);(H,6,7)/t24-,26-;/m0./s1. The lowest BCUT2D eigenvalue weighted by Crippen LogP contribution is -2.54. The second kappa shape index (κ2) is 16.1. The first kappa shape index (κ1) is 35.2. The zero-order chi connectivity index (χ0) is 33.0. The number of amides is 3. The monoisotopic (exact) mass is 636 g/mol. The molecule has 0 aliphatic carbocycles. The number of esters is 1. The van der Waals surface area contributed by atoms with Crippen molar-refractivity contribution in [3.63, 3.8) is 0 Å². The third-order valence-electron chi connectivity index (χ3n) is 7.80. The van der Waals surface area contributed by atoms with E-state index in [1.165, 1.54) is 38.8 Å². The van der Waals surface area contributed by atoms with Gasteiger partial charge in [0, 0.05) is 18.5 Å². The van der Waals surface area contributed by atoms with Crippen LogP contribution in [0.2, 0.25) is 0 Å². The zero-order valence-corrected chi connectivity index (χ0v) is 25.0. The fraction of sp³-hybridized carbons (Fsp3) is 0.484. The summed E-state index contributed by atoms with van der Waals surface area (Å²) in [4.78, 5) is 46.9. The number of urea groups is 1. The van der Waals surface area contributed by atoms with E-state index < -0.39 is 30.2 Å². The maximum Gasteiger partial charge on any atom is 0.430 e. The Kier molecular flexibility index (Phi) is 12.6. The molecule has 2 aromatic carbocycles. The van der Waals surface area contributed by atoms with Crippen molar-refractivity contribution in [2.45, 2.75) is 63.7 Å². The van der Waals surface area contributed by atoms with Crippen LogP contribution in [0.3, 0.4) is 0 Å². The van der Waals surface area contributed by atoms with Gasteiger partial charge in [-0.15, -0.1) is 0 Å². The summed E-state index contributed by atoms with van der Waals surface area (Å²) in [5, 5.41) is 27.2. The van der Waals surface area contributed by atoms with Crippen molar-refractivity contribution in [1.29, 1.82) is 0 Å². The average molecular weight is 637 g/mol. The highest BCUT2D eigenvalue weighted by atomic mass is 19.4. The molecular formula is C31H39F3N4O7. The number of phenols is 1. The molecule has 0 bridgehead atoms. The number of carboxylic acids is 1. The summed E-state index contributed by atoms with van der Waals surface area (Å²) in [6.07, 6.45) is 1.09. The minimum Gasteiger partial charge on any atom is -0.542 e. The second-order valence-electron chi connectivity index (χ2n) is 11.2. The Morgan fingerprint density at radius 3 is 2.13 bits per heavy atom. The Hall–Kier alpha value is -4.33. The van der Waals surface area contributed by atoms with E-state index in [0.717, 1.165) is 29.6 Å². The number of aliphatic carboxylic acids is 1. The molecule has 2 saturated heterocycles. The molecule has 2 heterocycles. The van der Waals surface area contributed by atoms with E-state index in [1.54, 1.807) is 55.5 Å². The van der Waals surface area contributed by atoms with Gasteiger partial charge in [-0.05, 0) is 74.6 Å². The van der Waals surface area contributed by atoms with Gasteiger partial charge < -0.3 is 40.2 Å². The molecule has 246 valence electrons. The molecule has 11 nitrogen and oxygen atoms in total. The Morgan fingerprint density at radius 1 is 0.978 bits per heavy atom. The Balaban J connectivity index is 0.000000707. The minimum atomic E-state index is -5.19. The first-order chi connectivity index (χ1) is 21.3. The minimum absolute atomic E-state index is 0.0863. The highest BCUT2D eigenvalue weighted by Gasteiger charge is 2.39. The summed E-state index contributed by atoms with van der Waals surface area (Å²) in [6, 6.07) is 11.8. The Morgan fingerprint density at radius 2 is 1.58 bits per heavy atom. The molecule has 14 heteroatoms. The Labute approximate surface area is 259 Å². The number of carboxylic acid groups (broad SMARTS) is 1. The number of quaternary nitrogens is 1. The molecule has 2 atom stereocenters. The van der Waals surface area contributed by atoms with Crippen molar-refractivity contribution in [3.05, 3.63) is 59.7 Å². The van der Waals surface area contributed by atoms with Crippen molar-refractivity contribution in [3.8, 4) is 5.75 Å². The molecule has 4 rings (SSSR count). The van der Waals surface area contributed by atoms with Gasteiger partial charge in [0.15, 0.2) is 0 Å². The number of nitrogens with zero attached hydrogens (tertiary/aromatic N) is 1. The van der Waals surface area contributed by atoms with E-state index in [4.69, 9.17) is 14.6 Å². The topological polar surface area (TPSA) is 157 Å². The number of aromatic hydroxyl groups is 1. The molecule has 0 radical (unpaired) electrons. The number of phenolic OH excluding ortho intramolecular Hbond substituents is 1. The molecule has 4 N–H and O–H groups in total. The summed E-state index contributed by atoms with van der Waals surface area (Å²) < 4.78 is 37.6. The van der Waals surface area contributed by atoms with E-state index >= 15 is 0 Å². The number of anilines is 1. The van der Waals surface area contributed by atoms with Crippen LogP contribution in [0.5, 0.6) is 5.75 Å². The van der Waals surface area contributed by atoms with Crippen molar-refractivity contribution in [2.24, 2.45) is 0 Å². The fourth-order valence-electron chi connectivity index (χ4n) is 5.57. The largest absolute Gasteiger partial charge is 0.542 e. The zero-order valence-electron chi connectivity index (χ0n) is 25.0. The SMILES string of the molecule is CCOC(=O)c1ccc(NC(=O)N[C@@H](Cc2ccc(O)cc2)C(=O)N[C@H]2CC[N+]3(CCCCCC3)C2)cc1.O=C([O-])C(F)(F)F. The van der Waals surface area contributed by atoms with Crippen LogP contribution in [0, 0.1) is 0 Å². The number of benzene rings is 2. The van der Waals surface area contributed by atoms with Gasteiger partial charge in [-0.3, -0.25) is 4.79 Å². The van der Waals surface area contributed by atoms with Gasteiger partial charge >= 0.3 is 18.2 Å². The van der Waals surface area contributed by atoms with E-state index in [-0.39, 0.29) is 30.7 Å². The van der Waals surface area contributed by atoms with Crippen LogP contribution < -0.4 is 21.1 Å². The average Bonchev–Trinajstić information content (AvgIpc) is 3.22. The molecule has 45 heavy (non-hydrogen) atoms. The summed E-state index contributed by atoms with van der Waals surface area (Å²) >= 11 is 0. The Bertz CT molecular complexity index is 1300. The van der Waals surface area contributed by atoms with E-state index in [1.807, 2.05) is 0 Å². The van der Waals surface area contributed by atoms with E-state index in [9.17, 15) is 32.7 Å². The molecule has 2 fully saturated rings. The van der Waals surface area contributed by atoms with Crippen LogP contribution >= 0.6 is 0 Å². The number of hydrogen-bond acceptors (Lipinski definition) is 7. The first-order valence-electron chi connectivity index (χ1n) is 14.9. The van der Waals surface area contributed by atoms with Crippen LogP contribution in [0.1, 0.15) is 54.9 Å². The molecule has 2 aromatic rings. The van der Waals surface area contributed by atoms with Gasteiger partial charge in [-0.25, -0.2) is 9.59 Å². The van der Waals surface area contributed by atoms with Crippen molar-refractivity contribution < 1.29 is 51.8 Å². The molecular weight excluding hydrogens is 597 g/mol. The van der Waals surface area contributed by atoms with Gasteiger partial charge in [0.05, 0.1) is 44.4 Å². The number of halogens is 3. The third kappa shape index (κ3) is 11.3. The van der Waals surface area contributed by atoms with Gasteiger partial charge in [0.1, 0.15) is 17.8 Å². The quantitative estimate of drug-likeness (QED) is 0.256. The lowest BCUT2D eigenvalue weighted by atomic mass is 10.0. The molecule has 3 amide bonds. The summed E-state index contributed by atoms with van der Waals surface area (Å²) in [5.41, 5.74) is 1.70. The second-order valence-corrected chi connectivity index (χ2v) is 11.2.